The number of sulfone groups is 1. The van der Waals surface area contributed by atoms with E-state index in [0.29, 0.717) is 18.0 Å². The molecule has 0 radical (unpaired) electrons. The lowest BCUT2D eigenvalue weighted by molar-refractivity contribution is 0.0867. The van der Waals surface area contributed by atoms with Gasteiger partial charge in [-0.15, -0.1) is 0 Å². The fourth-order valence-electron chi connectivity index (χ4n) is 5.15. The molecule has 4 rings (SSSR count). The molecule has 156 valence electrons. The van der Waals surface area contributed by atoms with Gasteiger partial charge in [0.2, 0.25) is 0 Å². The van der Waals surface area contributed by atoms with Gasteiger partial charge in [0, 0.05) is 28.7 Å². The van der Waals surface area contributed by atoms with E-state index in [1.54, 1.807) is 0 Å². The Balaban J connectivity index is 1.53. The molecular weight excluding hydrogens is 376 g/mol. The molecule has 3 heterocycles. The zero-order valence-corrected chi connectivity index (χ0v) is 18.1. The lowest BCUT2D eigenvalue weighted by Crippen LogP contribution is -2.62. The summed E-state index contributed by atoms with van der Waals surface area (Å²) in [5, 5.41) is 11.4. The van der Waals surface area contributed by atoms with E-state index < -0.39 is 9.84 Å². The van der Waals surface area contributed by atoms with Crippen LogP contribution >= 0.6 is 0 Å². The van der Waals surface area contributed by atoms with E-state index in [4.69, 9.17) is 0 Å². The first-order chi connectivity index (χ1) is 12.9. The minimum Gasteiger partial charge on any atom is -0.348 e. The molecule has 0 aromatic carbocycles. The van der Waals surface area contributed by atoms with Crippen LogP contribution in [0.15, 0.2) is 6.07 Å². The standard InChI is InChI=1S/C20H32N4O3S/c1-19(2)10-14(11-20(3,4)23-19)21-18(25)16-9-17(13-5-6-13)24(22-16)15-7-8-28(26,27)12-15/h9,13-15,23H,5-8,10-12H2,1-4H3,(H,21,25). The van der Waals surface area contributed by atoms with Gasteiger partial charge in [-0.2, -0.15) is 5.10 Å². The third-order valence-electron chi connectivity index (χ3n) is 6.07. The Labute approximate surface area is 167 Å². The van der Waals surface area contributed by atoms with Gasteiger partial charge in [-0.25, -0.2) is 8.42 Å². The van der Waals surface area contributed by atoms with Crippen molar-refractivity contribution in [2.24, 2.45) is 0 Å². The Bertz CT molecular complexity index is 867. The van der Waals surface area contributed by atoms with Crippen LogP contribution < -0.4 is 10.6 Å². The Morgan fingerprint density at radius 2 is 1.82 bits per heavy atom. The average molecular weight is 409 g/mol. The van der Waals surface area contributed by atoms with Gasteiger partial charge < -0.3 is 10.6 Å². The second-order valence-corrected chi connectivity index (χ2v) is 12.4. The van der Waals surface area contributed by atoms with Crippen molar-refractivity contribution in [3.8, 4) is 0 Å². The van der Waals surface area contributed by atoms with Crippen LogP contribution in [0.5, 0.6) is 0 Å². The fourth-order valence-corrected chi connectivity index (χ4v) is 6.84. The molecule has 0 bridgehead atoms. The highest BCUT2D eigenvalue weighted by molar-refractivity contribution is 7.91. The predicted molar refractivity (Wildman–Crippen MR) is 108 cm³/mol. The molecule has 1 aromatic heterocycles. The fraction of sp³-hybridized carbons (Fsp3) is 0.800. The number of nitrogens with zero attached hydrogens (tertiary/aromatic N) is 2. The lowest BCUT2D eigenvalue weighted by atomic mass is 9.79. The molecule has 2 aliphatic heterocycles. The molecule has 0 spiro atoms. The number of carbonyl (C=O) groups excluding carboxylic acids is 1. The van der Waals surface area contributed by atoms with E-state index in [1.165, 1.54) is 0 Å². The van der Waals surface area contributed by atoms with Gasteiger partial charge in [0.25, 0.3) is 5.91 Å². The Hall–Kier alpha value is -1.41. The monoisotopic (exact) mass is 408 g/mol. The van der Waals surface area contributed by atoms with Crippen LogP contribution in [0.25, 0.3) is 0 Å². The largest absolute Gasteiger partial charge is 0.348 e. The molecule has 1 unspecified atom stereocenters. The number of rotatable bonds is 4. The van der Waals surface area contributed by atoms with Crippen LogP contribution in [-0.2, 0) is 9.84 Å². The summed E-state index contributed by atoms with van der Waals surface area (Å²) in [5.74, 6) is 0.600. The van der Waals surface area contributed by atoms with Gasteiger partial charge in [0.1, 0.15) is 5.69 Å². The minimum absolute atomic E-state index is 0.0452. The van der Waals surface area contributed by atoms with Crippen molar-refractivity contribution in [1.82, 2.24) is 20.4 Å². The van der Waals surface area contributed by atoms with Crippen LogP contribution in [0.3, 0.4) is 0 Å². The summed E-state index contributed by atoms with van der Waals surface area (Å²) in [4.78, 5) is 13.0. The number of hydrogen-bond donors (Lipinski definition) is 2. The van der Waals surface area contributed by atoms with E-state index in [1.807, 2.05) is 10.7 Å². The van der Waals surface area contributed by atoms with Crippen LogP contribution in [-0.4, -0.2) is 52.7 Å². The topological polar surface area (TPSA) is 93.1 Å². The van der Waals surface area contributed by atoms with E-state index in [2.05, 4.69) is 43.4 Å². The first kappa shape index (κ1) is 19.9. The number of piperidine rings is 1. The molecule has 7 nitrogen and oxygen atoms in total. The van der Waals surface area contributed by atoms with Crippen molar-refractivity contribution >= 4 is 15.7 Å². The Morgan fingerprint density at radius 1 is 1.18 bits per heavy atom. The molecule has 1 amide bonds. The number of carbonyl (C=O) groups is 1. The van der Waals surface area contributed by atoms with Crippen LogP contribution in [0, 0.1) is 0 Å². The smallest absolute Gasteiger partial charge is 0.272 e. The minimum atomic E-state index is -2.99. The lowest BCUT2D eigenvalue weighted by Gasteiger charge is -2.46. The van der Waals surface area contributed by atoms with Crippen molar-refractivity contribution < 1.29 is 13.2 Å². The molecule has 1 atom stereocenters. The maximum absolute atomic E-state index is 13.0. The van der Waals surface area contributed by atoms with Gasteiger partial charge in [-0.3, -0.25) is 9.48 Å². The summed E-state index contributed by atoms with van der Waals surface area (Å²) in [6, 6.07) is 1.83. The second kappa shape index (κ2) is 6.55. The first-order valence-corrected chi connectivity index (χ1v) is 12.2. The first-order valence-electron chi connectivity index (χ1n) is 10.3. The SMILES string of the molecule is CC1(C)CC(NC(=O)c2cc(C3CC3)n(C3CCS(=O)(=O)C3)n2)CC(C)(C)N1. The third-order valence-corrected chi connectivity index (χ3v) is 7.82. The highest BCUT2D eigenvalue weighted by atomic mass is 32.2. The number of amides is 1. The summed E-state index contributed by atoms with van der Waals surface area (Å²) in [6.07, 6.45) is 4.48. The highest BCUT2D eigenvalue weighted by Gasteiger charge is 2.39. The summed E-state index contributed by atoms with van der Waals surface area (Å²) in [7, 11) is -2.99. The molecule has 2 saturated heterocycles. The third kappa shape index (κ3) is 4.27. The van der Waals surface area contributed by atoms with Gasteiger partial charge >= 0.3 is 0 Å². The maximum atomic E-state index is 13.0. The van der Waals surface area contributed by atoms with Crippen LogP contribution in [0.2, 0.25) is 0 Å². The van der Waals surface area contributed by atoms with E-state index in [0.717, 1.165) is 31.4 Å². The van der Waals surface area contributed by atoms with Gasteiger partial charge in [-0.1, -0.05) is 0 Å². The van der Waals surface area contributed by atoms with Crippen LogP contribution in [0.4, 0.5) is 0 Å². The average Bonchev–Trinajstić information content (AvgIpc) is 3.15. The van der Waals surface area contributed by atoms with Crippen molar-refractivity contribution in [2.45, 2.75) is 88.9 Å². The van der Waals surface area contributed by atoms with Crippen molar-refractivity contribution in [3.63, 3.8) is 0 Å². The van der Waals surface area contributed by atoms with Crippen molar-refractivity contribution in [2.75, 3.05) is 11.5 Å². The van der Waals surface area contributed by atoms with Crippen molar-refractivity contribution in [3.05, 3.63) is 17.5 Å². The van der Waals surface area contributed by atoms with E-state index in [-0.39, 0.29) is 40.6 Å². The zero-order valence-electron chi connectivity index (χ0n) is 17.3. The highest BCUT2D eigenvalue weighted by Crippen LogP contribution is 2.42. The summed E-state index contributed by atoms with van der Waals surface area (Å²) >= 11 is 0. The molecule has 1 aliphatic carbocycles. The second-order valence-electron chi connectivity index (χ2n) is 10.2. The van der Waals surface area contributed by atoms with Crippen LogP contribution in [0.1, 0.15) is 87.9 Å². The molecule has 3 aliphatic rings. The number of nitrogens with one attached hydrogen (secondary N) is 2. The summed E-state index contributed by atoms with van der Waals surface area (Å²) in [5.41, 5.74) is 1.35. The molecular formula is C20H32N4O3S. The normalized spacial score (nSPS) is 28.9. The summed E-state index contributed by atoms with van der Waals surface area (Å²) in [6.45, 7) is 8.64. The Kier molecular flexibility index (Phi) is 4.65. The quantitative estimate of drug-likeness (QED) is 0.796. The zero-order chi connectivity index (χ0) is 20.3. The molecule has 2 N–H and O–H groups in total. The Morgan fingerprint density at radius 3 is 2.36 bits per heavy atom. The molecule has 8 heteroatoms. The van der Waals surface area contributed by atoms with Gasteiger partial charge in [-0.05, 0) is 65.9 Å². The molecule has 1 saturated carbocycles. The van der Waals surface area contributed by atoms with Gasteiger partial charge in [0.15, 0.2) is 9.84 Å². The van der Waals surface area contributed by atoms with Crippen molar-refractivity contribution in [1.29, 1.82) is 0 Å². The van der Waals surface area contributed by atoms with E-state index in [9.17, 15) is 13.2 Å². The molecule has 3 fully saturated rings. The molecule has 1 aromatic rings. The molecule has 28 heavy (non-hydrogen) atoms. The summed E-state index contributed by atoms with van der Waals surface area (Å²) < 4.78 is 25.7. The maximum Gasteiger partial charge on any atom is 0.272 e. The number of hydrogen-bond acceptors (Lipinski definition) is 5. The van der Waals surface area contributed by atoms with E-state index >= 15 is 0 Å². The van der Waals surface area contributed by atoms with Gasteiger partial charge in [0.05, 0.1) is 17.5 Å². The predicted octanol–water partition coefficient (Wildman–Crippen LogP) is 2.16. The number of aromatic nitrogens is 2.